The van der Waals surface area contributed by atoms with Gasteiger partial charge in [-0.1, -0.05) is 12.1 Å². The van der Waals surface area contributed by atoms with Crippen molar-refractivity contribution in [1.29, 1.82) is 0 Å². The van der Waals surface area contributed by atoms with E-state index in [2.05, 4.69) is 27.9 Å². The van der Waals surface area contributed by atoms with E-state index in [1.54, 1.807) is 12.3 Å². The predicted octanol–water partition coefficient (Wildman–Crippen LogP) is 4.72. The summed E-state index contributed by atoms with van der Waals surface area (Å²) in [6.07, 6.45) is 3.24. The lowest BCUT2D eigenvalue weighted by Crippen LogP contribution is -1.97. The van der Waals surface area contributed by atoms with E-state index < -0.39 is 0 Å². The molecule has 102 valence electrons. The maximum atomic E-state index is 12.0. The predicted molar refractivity (Wildman–Crippen MR) is 92.2 cm³/mol. The van der Waals surface area contributed by atoms with Gasteiger partial charge in [-0.05, 0) is 77.9 Å². The van der Waals surface area contributed by atoms with Gasteiger partial charge in [0.15, 0.2) is 5.78 Å². The normalized spacial score (nSPS) is 10.8. The molecule has 0 atom stereocenters. The third kappa shape index (κ3) is 3.93. The van der Waals surface area contributed by atoms with Gasteiger partial charge in [0.1, 0.15) is 0 Å². The van der Waals surface area contributed by atoms with Gasteiger partial charge >= 0.3 is 0 Å². The van der Waals surface area contributed by atoms with E-state index in [0.29, 0.717) is 5.56 Å². The van der Waals surface area contributed by atoms with Crippen LogP contribution in [0, 0.1) is 17.4 Å². The van der Waals surface area contributed by atoms with Gasteiger partial charge in [-0.25, -0.2) is 0 Å². The summed E-state index contributed by atoms with van der Waals surface area (Å²) in [4.78, 5) is 12.0. The molecule has 0 heterocycles. The van der Waals surface area contributed by atoms with Gasteiger partial charge in [-0.3, -0.25) is 4.79 Å². The average Bonchev–Trinajstić information content (AvgIpc) is 2.44. The molecule has 2 nitrogen and oxygen atoms in total. The summed E-state index contributed by atoms with van der Waals surface area (Å²) in [6, 6.07) is 13.7. The topological polar surface area (TPSA) is 29.1 Å². The van der Waals surface area contributed by atoms with Crippen LogP contribution in [0.15, 0.2) is 54.7 Å². The minimum absolute atomic E-state index is 0.00566. The highest BCUT2D eigenvalue weighted by molar-refractivity contribution is 14.1. The van der Waals surface area contributed by atoms with Crippen LogP contribution in [0.3, 0.4) is 0 Å². The van der Waals surface area contributed by atoms with Gasteiger partial charge in [0.25, 0.3) is 0 Å². The fourth-order valence-electron chi connectivity index (χ4n) is 1.75. The average molecular weight is 377 g/mol. The Bertz CT molecular complexity index is 645. The zero-order chi connectivity index (χ0) is 14.5. The van der Waals surface area contributed by atoms with Crippen LogP contribution in [0.1, 0.15) is 21.5 Å². The molecular formula is C17H16INO. The molecule has 0 spiro atoms. The molecule has 0 amide bonds. The Kier molecular flexibility index (Phi) is 4.95. The molecule has 0 bridgehead atoms. The van der Waals surface area contributed by atoms with Gasteiger partial charge < -0.3 is 5.32 Å². The largest absolute Gasteiger partial charge is 0.362 e. The number of carbonyl (C=O) groups is 1. The molecule has 0 aromatic heterocycles. The highest BCUT2D eigenvalue weighted by atomic mass is 127. The molecule has 2 aromatic rings. The Morgan fingerprint density at radius 3 is 2.40 bits per heavy atom. The summed E-state index contributed by atoms with van der Waals surface area (Å²) in [7, 11) is 0. The number of carbonyl (C=O) groups excluding carboxylic acids is 1. The first kappa shape index (κ1) is 14.8. The molecule has 2 rings (SSSR count). The van der Waals surface area contributed by atoms with Crippen LogP contribution in [0.25, 0.3) is 0 Å². The van der Waals surface area contributed by atoms with Crippen LogP contribution >= 0.6 is 22.6 Å². The van der Waals surface area contributed by atoms with Crippen LogP contribution in [-0.4, -0.2) is 5.78 Å². The molecule has 3 heteroatoms. The number of anilines is 1. The molecule has 0 radical (unpaired) electrons. The van der Waals surface area contributed by atoms with Crippen molar-refractivity contribution >= 4 is 34.1 Å². The van der Waals surface area contributed by atoms with Gasteiger partial charge in [-0.2, -0.15) is 0 Å². The molecule has 0 unspecified atom stereocenters. The lowest BCUT2D eigenvalue weighted by atomic mass is 10.0. The molecule has 2 aromatic carbocycles. The van der Waals surface area contributed by atoms with E-state index >= 15 is 0 Å². The van der Waals surface area contributed by atoms with Crippen molar-refractivity contribution < 1.29 is 4.79 Å². The van der Waals surface area contributed by atoms with Crippen LogP contribution in [-0.2, 0) is 0 Å². The Hall–Kier alpha value is -1.62. The van der Waals surface area contributed by atoms with E-state index in [0.717, 1.165) is 11.3 Å². The quantitative estimate of drug-likeness (QED) is 0.475. The van der Waals surface area contributed by atoms with Crippen LogP contribution in [0.5, 0.6) is 0 Å². The second-order valence-corrected chi connectivity index (χ2v) is 5.89. The monoisotopic (exact) mass is 377 g/mol. The molecule has 0 aliphatic rings. The van der Waals surface area contributed by atoms with Gasteiger partial charge in [-0.15, -0.1) is 0 Å². The highest BCUT2D eigenvalue weighted by Crippen LogP contribution is 2.12. The summed E-state index contributed by atoms with van der Waals surface area (Å²) >= 11 is 2.26. The standard InChI is InChI=1S/C17H16INO/c1-12-3-4-14(11-13(12)2)17(20)9-10-19-16-7-5-15(18)6-8-16/h3-11,19H,1-2H3/b10-9+. The van der Waals surface area contributed by atoms with E-state index in [4.69, 9.17) is 0 Å². The van der Waals surface area contributed by atoms with Gasteiger partial charge in [0.05, 0.1) is 0 Å². The van der Waals surface area contributed by atoms with E-state index in [-0.39, 0.29) is 5.78 Å². The highest BCUT2D eigenvalue weighted by Gasteiger charge is 2.02. The van der Waals surface area contributed by atoms with Crippen LogP contribution in [0.2, 0.25) is 0 Å². The maximum Gasteiger partial charge on any atom is 0.187 e. The van der Waals surface area contributed by atoms with Gasteiger partial charge in [0.2, 0.25) is 0 Å². The molecule has 0 aliphatic heterocycles. The fraction of sp³-hybridized carbons (Fsp3) is 0.118. The molecule has 1 N–H and O–H groups in total. The summed E-state index contributed by atoms with van der Waals surface area (Å²) in [5.74, 6) is 0.00566. The van der Waals surface area contributed by atoms with E-state index in [9.17, 15) is 4.79 Å². The van der Waals surface area contributed by atoms with Gasteiger partial charge in [0, 0.05) is 27.1 Å². The fourth-order valence-corrected chi connectivity index (χ4v) is 2.11. The van der Waals surface area contributed by atoms with Crippen molar-refractivity contribution in [1.82, 2.24) is 0 Å². The Balaban J connectivity index is 2.01. The minimum atomic E-state index is 0.00566. The Morgan fingerprint density at radius 2 is 1.75 bits per heavy atom. The lowest BCUT2D eigenvalue weighted by molar-refractivity contribution is 0.104. The number of aryl methyl sites for hydroxylation is 2. The third-order valence-corrected chi connectivity index (χ3v) is 3.84. The summed E-state index contributed by atoms with van der Waals surface area (Å²) in [5.41, 5.74) is 4.01. The van der Waals surface area contributed by atoms with Crippen molar-refractivity contribution in [3.8, 4) is 0 Å². The number of benzene rings is 2. The molecule has 0 fully saturated rings. The number of allylic oxidation sites excluding steroid dienone is 1. The number of nitrogens with one attached hydrogen (secondary N) is 1. The molecule has 20 heavy (non-hydrogen) atoms. The number of rotatable bonds is 4. The first-order chi connectivity index (χ1) is 9.56. The molecule has 0 saturated heterocycles. The zero-order valence-electron chi connectivity index (χ0n) is 11.5. The number of hydrogen-bond donors (Lipinski definition) is 1. The maximum absolute atomic E-state index is 12.0. The van der Waals surface area contributed by atoms with Crippen molar-refractivity contribution in [2.45, 2.75) is 13.8 Å². The zero-order valence-corrected chi connectivity index (χ0v) is 13.6. The molecule has 0 saturated carbocycles. The lowest BCUT2D eigenvalue weighted by Gasteiger charge is -2.02. The Morgan fingerprint density at radius 1 is 1.05 bits per heavy atom. The van der Waals surface area contributed by atoms with Crippen molar-refractivity contribution in [3.05, 3.63) is 75.0 Å². The van der Waals surface area contributed by atoms with Crippen molar-refractivity contribution in [3.63, 3.8) is 0 Å². The second-order valence-electron chi connectivity index (χ2n) is 4.65. The summed E-state index contributed by atoms with van der Waals surface area (Å²) in [5, 5.41) is 3.09. The van der Waals surface area contributed by atoms with Crippen molar-refractivity contribution in [2.75, 3.05) is 5.32 Å². The number of halogens is 1. The SMILES string of the molecule is Cc1ccc(C(=O)/C=C/Nc2ccc(I)cc2)cc1C. The van der Waals surface area contributed by atoms with Crippen LogP contribution in [0.4, 0.5) is 5.69 Å². The first-order valence-corrected chi connectivity index (χ1v) is 7.44. The van der Waals surface area contributed by atoms with E-state index in [1.807, 2.05) is 56.3 Å². The molecular weight excluding hydrogens is 361 g/mol. The smallest absolute Gasteiger partial charge is 0.187 e. The number of ketones is 1. The minimum Gasteiger partial charge on any atom is -0.362 e. The molecule has 0 aliphatic carbocycles. The summed E-state index contributed by atoms with van der Waals surface area (Å²) < 4.78 is 1.18. The Labute approximate surface area is 133 Å². The number of hydrogen-bond acceptors (Lipinski definition) is 2. The van der Waals surface area contributed by atoms with Crippen LogP contribution < -0.4 is 5.32 Å². The second kappa shape index (κ2) is 6.70. The first-order valence-electron chi connectivity index (χ1n) is 6.36. The third-order valence-electron chi connectivity index (χ3n) is 3.12. The summed E-state index contributed by atoms with van der Waals surface area (Å²) in [6.45, 7) is 4.05. The van der Waals surface area contributed by atoms with E-state index in [1.165, 1.54) is 9.13 Å². The van der Waals surface area contributed by atoms with Crippen molar-refractivity contribution in [2.24, 2.45) is 0 Å².